The first kappa shape index (κ1) is 34.8. The van der Waals surface area contributed by atoms with Crippen LogP contribution in [0.15, 0.2) is 30.3 Å². The minimum Gasteiger partial charge on any atom is -0.464 e. The molecule has 3 rings (SSSR count). The van der Waals surface area contributed by atoms with Crippen molar-refractivity contribution < 1.29 is 38.2 Å². The highest BCUT2D eigenvalue weighted by Crippen LogP contribution is 2.36. The Labute approximate surface area is 259 Å². The topological polar surface area (TPSA) is 152 Å². The number of piperidine rings is 2. The van der Waals surface area contributed by atoms with Crippen LogP contribution in [-0.4, -0.2) is 85.7 Å². The van der Waals surface area contributed by atoms with E-state index in [1.54, 1.807) is 32.6 Å². The van der Waals surface area contributed by atoms with Crippen LogP contribution in [0.5, 0.6) is 0 Å². The van der Waals surface area contributed by atoms with Gasteiger partial charge in [-0.05, 0) is 71.4 Å². The molecule has 2 aliphatic rings. The monoisotopic (exact) mass is 616 g/mol. The third-order valence-corrected chi connectivity index (χ3v) is 8.14. The van der Waals surface area contributed by atoms with E-state index in [-0.39, 0.29) is 44.1 Å². The molecule has 0 bridgehead atoms. The van der Waals surface area contributed by atoms with Crippen LogP contribution < -0.4 is 16.0 Å². The van der Waals surface area contributed by atoms with E-state index >= 15 is 0 Å². The number of Topliss-reactive ketones (excluding diaryl/α,β-unsaturated/α-hetero) is 1. The van der Waals surface area contributed by atoms with E-state index in [0.717, 1.165) is 5.56 Å². The molecule has 1 aromatic carbocycles. The molecule has 3 N–H and O–H groups in total. The molecule has 2 heterocycles. The molecule has 3 amide bonds. The van der Waals surface area contributed by atoms with E-state index in [2.05, 4.69) is 16.0 Å². The lowest BCUT2D eigenvalue weighted by atomic mass is 9.68. The van der Waals surface area contributed by atoms with Gasteiger partial charge in [-0.3, -0.25) is 9.59 Å². The summed E-state index contributed by atoms with van der Waals surface area (Å²) in [5.74, 6) is -1.82. The summed E-state index contributed by atoms with van der Waals surface area (Å²) in [6, 6.07) is 8.28. The van der Waals surface area contributed by atoms with Gasteiger partial charge in [0.1, 0.15) is 23.7 Å². The largest absolute Gasteiger partial charge is 0.464 e. The Morgan fingerprint density at radius 3 is 2.34 bits per heavy atom. The number of amides is 3. The Morgan fingerprint density at radius 2 is 1.75 bits per heavy atom. The molecule has 2 saturated heterocycles. The van der Waals surface area contributed by atoms with Crippen molar-refractivity contribution in [3.63, 3.8) is 0 Å². The molecule has 2 fully saturated rings. The maximum absolute atomic E-state index is 14.1. The van der Waals surface area contributed by atoms with Crippen LogP contribution >= 0.6 is 0 Å². The number of carbonyl (C=O) groups is 5. The molecule has 0 aromatic heterocycles. The Hall–Kier alpha value is -3.67. The Bertz CT molecular complexity index is 1140. The van der Waals surface area contributed by atoms with Crippen LogP contribution in [0.4, 0.5) is 9.59 Å². The number of esters is 1. The number of rotatable bonds is 11. The molecule has 0 aliphatic carbocycles. The number of hydrogen-bond acceptors (Lipinski definition) is 9. The van der Waals surface area contributed by atoms with Gasteiger partial charge in [0.05, 0.1) is 6.61 Å². The zero-order valence-electron chi connectivity index (χ0n) is 26.6. The second kappa shape index (κ2) is 15.9. The molecule has 3 atom stereocenters. The quantitative estimate of drug-likeness (QED) is 0.193. The maximum atomic E-state index is 14.1. The third kappa shape index (κ3) is 9.67. The average molecular weight is 617 g/mol. The van der Waals surface area contributed by atoms with E-state index in [1.807, 2.05) is 37.3 Å². The highest BCUT2D eigenvalue weighted by Gasteiger charge is 2.49. The standard InChI is InChI=1S/C32H48N4O8/c1-6-42-27(38)25(35-29(40)44-31(3,4)5)19-34-28(39)32(15-10-16-33-21-32)26(37)22(2)24-13-17-36(18-14-24)30(41)43-20-23-11-8-7-9-12-23/h7-9,11-12,22,24-25,33H,6,10,13-21H2,1-5H3,(H,34,39)(H,35,40)/t22?,25?,32-/m1/s1. The minimum absolute atomic E-state index is 0.00612. The fraction of sp³-hybridized carbons (Fsp3) is 0.656. The van der Waals surface area contributed by atoms with Crippen LogP contribution in [0, 0.1) is 17.3 Å². The SMILES string of the molecule is CCOC(=O)C(CNC(=O)[C@]1(C(=O)C(C)C2CCN(C(=O)OCc3ccccc3)CC2)CCCNC1)NC(=O)OC(C)(C)C. The smallest absolute Gasteiger partial charge is 0.410 e. The van der Waals surface area contributed by atoms with E-state index in [9.17, 15) is 24.0 Å². The summed E-state index contributed by atoms with van der Waals surface area (Å²) in [5, 5.41) is 8.42. The first-order valence-corrected chi connectivity index (χ1v) is 15.5. The van der Waals surface area contributed by atoms with Crippen molar-refractivity contribution in [2.24, 2.45) is 17.3 Å². The predicted molar refractivity (Wildman–Crippen MR) is 162 cm³/mol. The van der Waals surface area contributed by atoms with Gasteiger partial charge in [-0.25, -0.2) is 14.4 Å². The first-order chi connectivity index (χ1) is 20.9. The summed E-state index contributed by atoms with van der Waals surface area (Å²) >= 11 is 0. The summed E-state index contributed by atoms with van der Waals surface area (Å²) in [6.45, 7) is 10.4. The lowest BCUT2D eigenvalue weighted by molar-refractivity contribution is -0.147. The van der Waals surface area contributed by atoms with Crippen LogP contribution in [0.2, 0.25) is 0 Å². The molecule has 12 nitrogen and oxygen atoms in total. The summed E-state index contributed by atoms with van der Waals surface area (Å²) in [4.78, 5) is 67.1. The lowest BCUT2D eigenvalue weighted by Gasteiger charge is -2.40. The zero-order valence-corrected chi connectivity index (χ0v) is 26.6. The van der Waals surface area contributed by atoms with Crippen molar-refractivity contribution in [2.45, 2.75) is 78.6 Å². The van der Waals surface area contributed by atoms with Gasteiger partial charge in [0.2, 0.25) is 5.91 Å². The van der Waals surface area contributed by atoms with E-state index in [0.29, 0.717) is 45.3 Å². The van der Waals surface area contributed by atoms with Crippen LogP contribution in [0.3, 0.4) is 0 Å². The van der Waals surface area contributed by atoms with E-state index in [1.165, 1.54) is 0 Å². The number of ketones is 1. The molecular formula is C32H48N4O8. The summed E-state index contributed by atoms with van der Waals surface area (Å²) in [5.41, 5.74) is -1.20. The molecule has 1 aromatic rings. The number of carbonyl (C=O) groups excluding carboxylic acids is 5. The van der Waals surface area contributed by atoms with Crippen LogP contribution in [0.25, 0.3) is 0 Å². The van der Waals surface area contributed by atoms with E-state index in [4.69, 9.17) is 14.2 Å². The zero-order chi connectivity index (χ0) is 32.3. The number of benzene rings is 1. The molecule has 0 radical (unpaired) electrons. The highest BCUT2D eigenvalue weighted by atomic mass is 16.6. The second-order valence-corrected chi connectivity index (χ2v) is 12.5. The molecule has 0 spiro atoms. The van der Waals surface area contributed by atoms with Gasteiger partial charge < -0.3 is 35.1 Å². The van der Waals surface area contributed by atoms with Gasteiger partial charge in [0.25, 0.3) is 0 Å². The maximum Gasteiger partial charge on any atom is 0.410 e. The third-order valence-electron chi connectivity index (χ3n) is 8.14. The van der Waals surface area contributed by atoms with Gasteiger partial charge in [-0.15, -0.1) is 0 Å². The molecule has 2 unspecified atom stereocenters. The van der Waals surface area contributed by atoms with Crippen LogP contribution in [0.1, 0.15) is 65.9 Å². The fourth-order valence-corrected chi connectivity index (χ4v) is 5.71. The lowest BCUT2D eigenvalue weighted by Crippen LogP contribution is -2.59. The first-order valence-electron chi connectivity index (χ1n) is 15.5. The summed E-state index contributed by atoms with van der Waals surface area (Å²) in [6.07, 6.45) is 1.03. The van der Waals surface area contributed by atoms with Crippen molar-refractivity contribution in [3.8, 4) is 0 Å². The molecule has 2 aliphatic heterocycles. The number of hydrogen-bond donors (Lipinski definition) is 3. The predicted octanol–water partition coefficient (Wildman–Crippen LogP) is 3.18. The Morgan fingerprint density at radius 1 is 1.07 bits per heavy atom. The minimum atomic E-state index is -1.32. The van der Waals surface area contributed by atoms with Crippen molar-refractivity contribution >= 4 is 29.8 Å². The van der Waals surface area contributed by atoms with Gasteiger partial charge in [-0.1, -0.05) is 37.3 Å². The summed E-state index contributed by atoms with van der Waals surface area (Å²) < 4.78 is 15.8. The molecule has 0 saturated carbocycles. The average Bonchev–Trinajstić information content (AvgIpc) is 3.01. The van der Waals surface area contributed by atoms with Crippen molar-refractivity contribution in [1.29, 1.82) is 0 Å². The molecule has 44 heavy (non-hydrogen) atoms. The summed E-state index contributed by atoms with van der Waals surface area (Å²) in [7, 11) is 0. The van der Waals surface area contributed by atoms with Crippen molar-refractivity contribution in [3.05, 3.63) is 35.9 Å². The van der Waals surface area contributed by atoms with Gasteiger partial charge in [-0.2, -0.15) is 0 Å². The van der Waals surface area contributed by atoms with Crippen molar-refractivity contribution in [2.75, 3.05) is 39.3 Å². The van der Waals surface area contributed by atoms with Gasteiger partial charge in [0.15, 0.2) is 5.78 Å². The molecular weight excluding hydrogens is 568 g/mol. The number of ether oxygens (including phenoxy) is 3. The highest BCUT2D eigenvalue weighted by molar-refractivity contribution is 6.07. The number of nitrogens with one attached hydrogen (secondary N) is 3. The number of alkyl carbamates (subject to hydrolysis) is 1. The van der Waals surface area contributed by atoms with Crippen molar-refractivity contribution in [1.82, 2.24) is 20.9 Å². The normalized spacial score (nSPS) is 20.5. The molecule has 12 heteroatoms. The van der Waals surface area contributed by atoms with E-state index < -0.39 is 40.9 Å². The van der Waals surface area contributed by atoms with Gasteiger partial charge >= 0.3 is 18.2 Å². The second-order valence-electron chi connectivity index (χ2n) is 12.5. The Kier molecular flexibility index (Phi) is 12.6. The van der Waals surface area contributed by atoms with Gasteiger partial charge in [0, 0.05) is 32.1 Å². The number of nitrogens with zero attached hydrogens (tertiary/aromatic N) is 1. The number of likely N-dealkylation sites (tertiary alicyclic amines) is 1. The van der Waals surface area contributed by atoms with Crippen LogP contribution in [-0.2, 0) is 35.2 Å². The molecule has 244 valence electrons. The Balaban J connectivity index is 1.61. The fourth-order valence-electron chi connectivity index (χ4n) is 5.71.